The van der Waals surface area contributed by atoms with Crippen LogP contribution in [0.2, 0.25) is 5.02 Å². The fourth-order valence-electron chi connectivity index (χ4n) is 3.42. The molecule has 162 valence electrons. The molecule has 2 aromatic heterocycles. The highest BCUT2D eigenvalue weighted by Crippen LogP contribution is 2.37. The molecule has 0 unspecified atom stereocenters. The molecule has 4 rings (SSSR count). The first kappa shape index (κ1) is 21.7. The summed E-state index contributed by atoms with van der Waals surface area (Å²) >= 11 is 7.20. The minimum atomic E-state index is -4.15. The number of carbonyl (C=O) groups excluding carboxylic acids is 1. The topological polar surface area (TPSA) is 92.3 Å². The van der Waals surface area contributed by atoms with Crippen molar-refractivity contribution in [3.8, 4) is 10.6 Å². The highest BCUT2D eigenvalue weighted by molar-refractivity contribution is 7.92. The molecule has 1 aromatic carbocycles. The van der Waals surface area contributed by atoms with Crippen LogP contribution in [0.4, 0.5) is 15.2 Å². The van der Waals surface area contributed by atoms with Gasteiger partial charge in [-0.05, 0) is 50.1 Å². The largest absolute Gasteiger partial charge is 0.302 e. The summed E-state index contributed by atoms with van der Waals surface area (Å²) in [5.74, 6) is -1.07. The lowest BCUT2D eigenvalue weighted by Gasteiger charge is -2.30. The minimum Gasteiger partial charge on any atom is -0.302 e. The molecule has 1 aliphatic heterocycles. The van der Waals surface area contributed by atoms with E-state index in [1.54, 1.807) is 12.1 Å². The number of thiazole rings is 1. The Morgan fingerprint density at radius 2 is 2.03 bits per heavy atom. The molecule has 1 amide bonds. The van der Waals surface area contributed by atoms with Crippen LogP contribution in [0.15, 0.2) is 35.2 Å². The number of aryl methyl sites for hydroxylation is 2. The van der Waals surface area contributed by atoms with E-state index in [1.807, 2.05) is 6.92 Å². The third-order valence-electron chi connectivity index (χ3n) is 4.77. The Hall–Kier alpha value is -2.56. The molecule has 0 spiro atoms. The molecule has 0 bridgehead atoms. The van der Waals surface area contributed by atoms with Gasteiger partial charge >= 0.3 is 0 Å². The number of benzene rings is 1. The Kier molecular flexibility index (Phi) is 5.71. The van der Waals surface area contributed by atoms with Crippen molar-refractivity contribution in [2.75, 3.05) is 16.2 Å². The Balaban J connectivity index is 1.74. The summed E-state index contributed by atoms with van der Waals surface area (Å²) in [7, 11) is -4.15. The van der Waals surface area contributed by atoms with Crippen molar-refractivity contribution < 1.29 is 17.6 Å². The number of anilines is 2. The van der Waals surface area contributed by atoms with Crippen LogP contribution in [0.1, 0.15) is 24.7 Å². The van der Waals surface area contributed by atoms with Gasteiger partial charge in [-0.15, -0.1) is 0 Å². The van der Waals surface area contributed by atoms with E-state index >= 15 is 0 Å². The normalized spacial score (nSPS) is 13.7. The highest BCUT2D eigenvalue weighted by atomic mass is 35.5. The van der Waals surface area contributed by atoms with Crippen molar-refractivity contribution in [2.45, 2.75) is 31.6 Å². The zero-order valence-corrected chi connectivity index (χ0v) is 19.0. The molecule has 11 heteroatoms. The van der Waals surface area contributed by atoms with Gasteiger partial charge in [0.25, 0.3) is 10.0 Å². The maximum atomic E-state index is 14.3. The fraction of sp³-hybridized carbons (Fsp3) is 0.250. The second-order valence-corrected chi connectivity index (χ2v) is 10.3. The molecule has 0 fully saturated rings. The van der Waals surface area contributed by atoms with Gasteiger partial charge in [-0.25, -0.2) is 22.8 Å². The number of sulfonamides is 1. The Morgan fingerprint density at radius 3 is 2.77 bits per heavy atom. The van der Waals surface area contributed by atoms with Crippen LogP contribution in [0.5, 0.6) is 0 Å². The Morgan fingerprint density at radius 1 is 1.26 bits per heavy atom. The van der Waals surface area contributed by atoms with E-state index in [4.69, 9.17) is 11.6 Å². The average molecular weight is 481 g/mol. The van der Waals surface area contributed by atoms with E-state index in [9.17, 15) is 17.6 Å². The SMILES string of the molecule is CC(=O)Nc1nc(C)c(-c2ccc3c(n2)CCCN3S(=O)(=O)c2cc(Cl)ccc2F)s1. The number of nitrogens with zero attached hydrogens (tertiary/aromatic N) is 3. The number of pyridine rings is 1. The van der Waals surface area contributed by atoms with Crippen LogP contribution in [0.3, 0.4) is 0 Å². The van der Waals surface area contributed by atoms with Crippen molar-refractivity contribution >= 4 is 49.7 Å². The van der Waals surface area contributed by atoms with Gasteiger partial charge in [0.2, 0.25) is 5.91 Å². The molecule has 0 saturated carbocycles. The number of nitrogens with one attached hydrogen (secondary N) is 1. The summed E-state index contributed by atoms with van der Waals surface area (Å²) in [6.07, 6.45) is 1.13. The van der Waals surface area contributed by atoms with E-state index < -0.39 is 20.7 Å². The van der Waals surface area contributed by atoms with Gasteiger partial charge in [-0.3, -0.25) is 9.10 Å². The van der Waals surface area contributed by atoms with Crippen molar-refractivity contribution in [3.05, 3.63) is 52.6 Å². The number of hydrogen-bond donors (Lipinski definition) is 1. The standard InChI is InChI=1S/C20H18ClFN4O3S2/c1-11-19(30-20(23-11)24-12(2)27)16-7-8-17-15(25-16)4-3-9-26(17)31(28,29)18-10-13(21)5-6-14(18)22/h5-8,10H,3-4,9H2,1-2H3,(H,23,24,27). The van der Waals surface area contributed by atoms with Crippen LogP contribution in [-0.2, 0) is 21.2 Å². The molecule has 0 radical (unpaired) electrons. The van der Waals surface area contributed by atoms with E-state index in [0.29, 0.717) is 40.7 Å². The third-order valence-corrected chi connectivity index (χ3v) is 7.93. The smallest absolute Gasteiger partial charge is 0.267 e. The number of fused-ring (bicyclic) bond motifs is 1. The Labute approximate surface area is 188 Å². The average Bonchev–Trinajstić information content (AvgIpc) is 3.08. The van der Waals surface area contributed by atoms with Gasteiger partial charge in [0, 0.05) is 18.5 Å². The third kappa shape index (κ3) is 4.15. The zero-order chi connectivity index (χ0) is 22.3. The summed E-state index contributed by atoms with van der Waals surface area (Å²) in [5, 5.41) is 3.27. The highest BCUT2D eigenvalue weighted by Gasteiger charge is 2.32. The van der Waals surface area contributed by atoms with Crippen molar-refractivity contribution in [1.29, 1.82) is 0 Å². The number of amides is 1. The molecular weight excluding hydrogens is 463 g/mol. The number of halogens is 2. The van der Waals surface area contributed by atoms with Gasteiger partial charge < -0.3 is 5.32 Å². The predicted molar refractivity (Wildman–Crippen MR) is 119 cm³/mol. The van der Waals surface area contributed by atoms with Crippen LogP contribution >= 0.6 is 22.9 Å². The summed E-state index contributed by atoms with van der Waals surface area (Å²) in [6, 6.07) is 6.85. The van der Waals surface area contributed by atoms with Crippen LogP contribution in [0, 0.1) is 12.7 Å². The number of hydrogen-bond acceptors (Lipinski definition) is 6. The molecular formula is C20H18ClFN4O3S2. The quantitative estimate of drug-likeness (QED) is 0.597. The van der Waals surface area contributed by atoms with Gasteiger partial charge in [0.1, 0.15) is 10.7 Å². The number of carbonyl (C=O) groups is 1. The first-order valence-corrected chi connectivity index (χ1v) is 12.0. The van der Waals surface area contributed by atoms with Crippen LogP contribution in [0.25, 0.3) is 10.6 Å². The summed E-state index contributed by atoms with van der Waals surface area (Å²) in [6.45, 7) is 3.44. The molecule has 0 aliphatic carbocycles. The van der Waals surface area contributed by atoms with Crippen LogP contribution < -0.4 is 9.62 Å². The molecule has 31 heavy (non-hydrogen) atoms. The minimum absolute atomic E-state index is 0.140. The summed E-state index contributed by atoms with van der Waals surface area (Å²) < 4.78 is 41.9. The number of rotatable bonds is 4. The lowest BCUT2D eigenvalue weighted by molar-refractivity contribution is -0.114. The molecule has 7 nitrogen and oxygen atoms in total. The van der Waals surface area contributed by atoms with E-state index in [-0.39, 0.29) is 17.5 Å². The zero-order valence-electron chi connectivity index (χ0n) is 16.6. The number of aromatic nitrogens is 2. The molecule has 3 aromatic rings. The second-order valence-electron chi connectivity index (χ2n) is 7.03. The molecule has 1 aliphatic rings. The van der Waals surface area contributed by atoms with E-state index in [1.165, 1.54) is 28.6 Å². The van der Waals surface area contributed by atoms with Gasteiger partial charge in [-0.2, -0.15) is 0 Å². The van der Waals surface area contributed by atoms with Crippen LogP contribution in [-0.4, -0.2) is 30.8 Å². The summed E-state index contributed by atoms with van der Waals surface area (Å²) in [4.78, 5) is 20.6. The van der Waals surface area contributed by atoms with Gasteiger partial charge in [-0.1, -0.05) is 22.9 Å². The second kappa shape index (κ2) is 8.18. The monoisotopic (exact) mass is 480 g/mol. The first-order valence-electron chi connectivity index (χ1n) is 9.40. The van der Waals surface area contributed by atoms with E-state index in [0.717, 1.165) is 17.0 Å². The lowest BCUT2D eigenvalue weighted by atomic mass is 10.1. The maximum Gasteiger partial charge on any atom is 0.267 e. The lowest BCUT2D eigenvalue weighted by Crippen LogP contribution is -2.36. The van der Waals surface area contributed by atoms with Gasteiger partial charge in [0.15, 0.2) is 5.13 Å². The van der Waals surface area contributed by atoms with Crippen molar-refractivity contribution in [3.63, 3.8) is 0 Å². The molecule has 3 heterocycles. The molecule has 1 N–H and O–H groups in total. The Bertz CT molecular complexity index is 1290. The summed E-state index contributed by atoms with van der Waals surface area (Å²) in [5.41, 5.74) is 2.36. The molecule has 0 saturated heterocycles. The fourth-order valence-corrected chi connectivity index (χ4v) is 6.26. The van der Waals surface area contributed by atoms with E-state index in [2.05, 4.69) is 15.3 Å². The molecule has 0 atom stereocenters. The van der Waals surface area contributed by atoms with Crippen molar-refractivity contribution in [1.82, 2.24) is 9.97 Å². The predicted octanol–water partition coefficient (Wildman–Crippen LogP) is 4.41. The maximum absolute atomic E-state index is 14.3. The first-order chi connectivity index (χ1) is 14.7. The van der Waals surface area contributed by atoms with Crippen molar-refractivity contribution in [2.24, 2.45) is 0 Å². The van der Waals surface area contributed by atoms with Gasteiger partial charge in [0.05, 0.1) is 27.6 Å².